The number of para-hydroxylation sites is 1. The molecule has 2 atom stereocenters. The number of methoxy groups -OCH3 is 1. The van der Waals surface area contributed by atoms with Crippen LogP contribution in [0.5, 0.6) is 5.75 Å². The monoisotopic (exact) mass is 357 g/mol. The second-order valence-electron chi connectivity index (χ2n) is 8.04. The molecule has 5 heteroatoms. The van der Waals surface area contributed by atoms with Gasteiger partial charge >= 0.3 is 0 Å². The number of benzene rings is 1. The minimum atomic E-state index is 0.182. The SMILES string of the molecule is COc1ccccc1C1CNCCN1CC(=O)N(C1CC1)C(C)C1CC1. The first-order chi connectivity index (χ1) is 12.7. The van der Waals surface area contributed by atoms with Gasteiger partial charge in [0.2, 0.25) is 5.91 Å². The maximum Gasteiger partial charge on any atom is 0.237 e. The predicted octanol–water partition coefficient (Wildman–Crippen LogP) is 2.43. The summed E-state index contributed by atoms with van der Waals surface area (Å²) in [5.74, 6) is 1.95. The number of ether oxygens (including phenoxy) is 1. The molecule has 0 aromatic heterocycles. The van der Waals surface area contributed by atoms with Crippen molar-refractivity contribution in [2.75, 3.05) is 33.3 Å². The minimum Gasteiger partial charge on any atom is -0.496 e. The van der Waals surface area contributed by atoms with Crippen molar-refractivity contribution in [3.8, 4) is 5.75 Å². The Morgan fingerprint density at radius 2 is 2.08 bits per heavy atom. The lowest BCUT2D eigenvalue weighted by Crippen LogP contribution is -2.52. The zero-order valence-corrected chi connectivity index (χ0v) is 16.0. The van der Waals surface area contributed by atoms with Gasteiger partial charge in [0, 0.05) is 37.3 Å². The molecule has 5 nitrogen and oxygen atoms in total. The minimum absolute atomic E-state index is 0.182. The molecular weight excluding hydrogens is 326 g/mol. The fourth-order valence-electron chi connectivity index (χ4n) is 4.36. The zero-order valence-electron chi connectivity index (χ0n) is 16.0. The lowest BCUT2D eigenvalue weighted by atomic mass is 10.0. The quantitative estimate of drug-likeness (QED) is 0.814. The van der Waals surface area contributed by atoms with Gasteiger partial charge in [0.05, 0.1) is 19.7 Å². The van der Waals surface area contributed by atoms with E-state index in [9.17, 15) is 4.79 Å². The number of hydrogen-bond acceptors (Lipinski definition) is 4. The molecule has 3 fully saturated rings. The number of hydrogen-bond donors (Lipinski definition) is 1. The van der Waals surface area contributed by atoms with Crippen LogP contribution in [0.4, 0.5) is 0 Å². The molecule has 0 bridgehead atoms. The molecule has 4 rings (SSSR count). The molecule has 1 amide bonds. The standard InChI is InChI=1S/C21H31N3O2/c1-15(16-7-8-16)24(17-9-10-17)21(25)14-23-12-11-22-13-19(23)18-5-3-4-6-20(18)26-2/h3-6,15-17,19,22H,7-14H2,1-2H3. The summed E-state index contributed by atoms with van der Waals surface area (Å²) < 4.78 is 5.58. The molecular formula is C21H31N3O2. The van der Waals surface area contributed by atoms with Crippen molar-refractivity contribution in [1.82, 2.24) is 15.1 Å². The molecule has 2 saturated carbocycles. The average molecular weight is 357 g/mol. The third-order valence-corrected chi connectivity index (χ3v) is 6.16. The van der Waals surface area contributed by atoms with Crippen molar-refractivity contribution in [1.29, 1.82) is 0 Å². The zero-order chi connectivity index (χ0) is 18.1. The molecule has 2 unspecified atom stereocenters. The molecule has 1 aliphatic heterocycles. The summed E-state index contributed by atoms with van der Waals surface area (Å²) in [5.41, 5.74) is 1.17. The van der Waals surface area contributed by atoms with Crippen molar-refractivity contribution in [2.45, 2.75) is 50.7 Å². The lowest BCUT2D eigenvalue weighted by molar-refractivity contribution is -0.136. The fourth-order valence-corrected chi connectivity index (χ4v) is 4.36. The smallest absolute Gasteiger partial charge is 0.237 e. The number of carbonyl (C=O) groups is 1. The van der Waals surface area contributed by atoms with Crippen LogP contribution in [0, 0.1) is 5.92 Å². The lowest BCUT2D eigenvalue weighted by Gasteiger charge is -2.39. The summed E-state index contributed by atoms with van der Waals surface area (Å²) in [6.45, 7) is 5.45. The van der Waals surface area contributed by atoms with Gasteiger partial charge in [0.1, 0.15) is 5.75 Å². The number of rotatable bonds is 7. The van der Waals surface area contributed by atoms with Gasteiger partial charge in [-0.25, -0.2) is 0 Å². The Bertz CT molecular complexity index is 642. The van der Waals surface area contributed by atoms with E-state index in [0.717, 1.165) is 31.3 Å². The third-order valence-electron chi connectivity index (χ3n) is 6.16. The van der Waals surface area contributed by atoms with Crippen LogP contribution < -0.4 is 10.1 Å². The predicted molar refractivity (Wildman–Crippen MR) is 102 cm³/mol. The molecule has 1 aromatic rings. The third kappa shape index (κ3) is 3.74. The van der Waals surface area contributed by atoms with Crippen molar-refractivity contribution < 1.29 is 9.53 Å². The van der Waals surface area contributed by atoms with Crippen LogP contribution in [0.3, 0.4) is 0 Å². The molecule has 1 saturated heterocycles. The van der Waals surface area contributed by atoms with Crippen molar-refractivity contribution >= 4 is 5.91 Å². The van der Waals surface area contributed by atoms with Crippen LogP contribution in [0.15, 0.2) is 24.3 Å². The highest BCUT2D eigenvalue weighted by Gasteiger charge is 2.42. The Morgan fingerprint density at radius 3 is 2.77 bits per heavy atom. The van der Waals surface area contributed by atoms with Crippen molar-refractivity contribution in [2.24, 2.45) is 5.92 Å². The number of carbonyl (C=O) groups excluding carboxylic acids is 1. The van der Waals surface area contributed by atoms with E-state index in [1.165, 1.54) is 31.2 Å². The highest BCUT2D eigenvalue weighted by molar-refractivity contribution is 5.79. The highest BCUT2D eigenvalue weighted by Crippen LogP contribution is 2.40. The molecule has 0 spiro atoms. The van der Waals surface area contributed by atoms with E-state index in [2.05, 4.69) is 34.2 Å². The summed E-state index contributed by atoms with van der Waals surface area (Å²) in [6, 6.07) is 9.27. The Morgan fingerprint density at radius 1 is 1.31 bits per heavy atom. The van der Waals surface area contributed by atoms with E-state index in [4.69, 9.17) is 4.74 Å². The van der Waals surface area contributed by atoms with Crippen molar-refractivity contribution in [3.05, 3.63) is 29.8 Å². The molecule has 1 aromatic carbocycles. The largest absolute Gasteiger partial charge is 0.496 e. The number of piperazine rings is 1. The Kier molecular flexibility index (Phi) is 5.18. The van der Waals surface area contributed by atoms with Gasteiger partial charge in [-0.05, 0) is 44.6 Å². The van der Waals surface area contributed by atoms with E-state index in [1.807, 2.05) is 12.1 Å². The van der Waals surface area contributed by atoms with Crippen LogP contribution >= 0.6 is 0 Å². The molecule has 0 radical (unpaired) electrons. The summed E-state index contributed by atoms with van der Waals surface area (Å²) in [5, 5.41) is 3.48. The van der Waals surface area contributed by atoms with Crippen LogP contribution in [0.25, 0.3) is 0 Å². The topological polar surface area (TPSA) is 44.8 Å². The van der Waals surface area contributed by atoms with Gasteiger partial charge in [-0.3, -0.25) is 9.69 Å². The van der Waals surface area contributed by atoms with E-state index >= 15 is 0 Å². The number of amides is 1. The number of nitrogens with zero attached hydrogens (tertiary/aromatic N) is 2. The Balaban J connectivity index is 1.50. The van der Waals surface area contributed by atoms with Crippen LogP contribution in [0.1, 0.15) is 44.2 Å². The molecule has 3 aliphatic rings. The molecule has 26 heavy (non-hydrogen) atoms. The van der Waals surface area contributed by atoms with Crippen LogP contribution in [-0.4, -0.2) is 61.1 Å². The summed E-state index contributed by atoms with van der Waals surface area (Å²) in [4.78, 5) is 17.8. The average Bonchev–Trinajstić information content (AvgIpc) is 3.55. The maximum absolute atomic E-state index is 13.2. The first-order valence-corrected chi connectivity index (χ1v) is 10.1. The number of nitrogens with one attached hydrogen (secondary N) is 1. The first kappa shape index (κ1) is 17.8. The summed E-state index contributed by atoms with van der Waals surface area (Å²) in [7, 11) is 1.72. The summed E-state index contributed by atoms with van der Waals surface area (Å²) >= 11 is 0. The highest BCUT2D eigenvalue weighted by atomic mass is 16.5. The van der Waals surface area contributed by atoms with Crippen LogP contribution in [-0.2, 0) is 4.79 Å². The Hall–Kier alpha value is -1.59. The van der Waals surface area contributed by atoms with Gasteiger partial charge in [0.15, 0.2) is 0 Å². The Labute approximate surface area is 156 Å². The van der Waals surface area contributed by atoms with Gasteiger partial charge < -0.3 is 15.0 Å². The van der Waals surface area contributed by atoms with Gasteiger partial charge in [-0.1, -0.05) is 18.2 Å². The van der Waals surface area contributed by atoms with E-state index < -0.39 is 0 Å². The van der Waals surface area contributed by atoms with E-state index in [-0.39, 0.29) is 6.04 Å². The first-order valence-electron chi connectivity index (χ1n) is 10.1. The van der Waals surface area contributed by atoms with Gasteiger partial charge in [0.25, 0.3) is 0 Å². The fraction of sp³-hybridized carbons (Fsp3) is 0.667. The second kappa shape index (κ2) is 7.57. The molecule has 1 heterocycles. The van der Waals surface area contributed by atoms with Gasteiger partial charge in [-0.2, -0.15) is 0 Å². The second-order valence-corrected chi connectivity index (χ2v) is 8.04. The normalized spacial score (nSPS) is 24.9. The maximum atomic E-state index is 13.2. The molecule has 142 valence electrons. The van der Waals surface area contributed by atoms with Crippen LogP contribution in [0.2, 0.25) is 0 Å². The van der Waals surface area contributed by atoms with E-state index in [1.54, 1.807) is 7.11 Å². The molecule has 2 aliphatic carbocycles. The van der Waals surface area contributed by atoms with E-state index in [0.29, 0.717) is 24.5 Å². The van der Waals surface area contributed by atoms with Gasteiger partial charge in [-0.15, -0.1) is 0 Å². The van der Waals surface area contributed by atoms with Crippen molar-refractivity contribution in [3.63, 3.8) is 0 Å². The summed E-state index contributed by atoms with van der Waals surface area (Å²) in [6.07, 6.45) is 4.94. The molecule has 1 N–H and O–H groups in total.